The summed E-state index contributed by atoms with van der Waals surface area (Å²) in [6.45, 7) is 2.80. The van der Waals surface area contributed by atoms with Gasteiger partial charge < -0.3 is 14.0 Å². The highest BCUT2D eigenvalue weighted by molar-refractivity contribution is 8.16. The van der Waals surface area contributed by atoms with Crippen LogP contribution < -0.4 is 9.47 Å². The van der Waals surface area contributed by atoms with Gasteiger partial charge in [-0.2, -0.15) is 4.99 Å². The number of allylic oxidation sites excluding steroid dienone is 1. The Morgan fingerprint density at radius 2 is 2.03 bits per heavy atom. The van der Waals surface area contributed by atoms with Crippen molar-refractivity contribution >= 4 is 45.7 Å². The number of amidine groups is 2. The van der Waals surface area contributed by atoms with Gasteiger partial charge in [0, 0.05) is 34.9 Å². The molecule has 3 aliphatic rings. The van der Waals surface area contributed by atoms with E-state index in [1.807, 2.05) is 54.9 Å². The minimum Gasteiger partial charge on any atom is -0.454 e. The first-order chi connectivity index (χ1) is 15.6. The third kappa shape index (κ3) is 2.95. The standard InChI is InChI=1S/C24H18N4O3S/c1-14-12-32-24-26-23(29)18(22(25)28(14)24)9-16-11-27(19-5-3-2-4-17(16)19)10-15-6-7-20-21(8-15)31-13-30-20/h2-9,11-12,25H,10,13H2,1H3/b18-9+,25-22?. The van der Waals surface area contributed by atoms with Crippen LogP contribution in [0.3, 0.4) is 0 Å². The summed E-state index contributed by atoms with van der Waals surface area (Å²) in [6.07, 6.45) is 3.79. The lowest BCUT2D eigenvalue weighted by Crippen LogP contribution is -2.37. The van der Waals surface area contributed by atoms with E-state index < -0.39 is 0 Å². The fourth-order valence-electron chi connectivity index (χ4n) is 4.15. The molecule has 0 bridgehead atoms. The van der Waals surface area contributed by atoms with Crippen LogP contribution in [0.2, 0.25) is 0 Å². The third-order valence-electron chi connectivity index (χ3n) is 5.69. The smallest absolute Gasteiger partial charge is 0.283 e. The van der Waals surface area contributed by atoms with Gasteiger partial charge in [0.05, 0.1) is 5.57 Å². The number of rotatable bonds is 3. The summed E-state index contributed by atoms with van der Waals surface area (Å²) >= 11 is 1.37. The summed E-state index contributed by atoms with van der Waals surface area (Å²) in [5, 5.41) is 12.1. The van der Waals surface area contributed by atoms with Crippen LogP contribution in [0.25, 0.3) is 17.0 Å². The average molecular weight is 443 g/mol. The Labute approximate surface area is 188 Å². The van der Waals surface area contributed by atoms with Crippen molar-refractivity contribution in [3.8, 4) is 11.5 Å². The van der Waals surface area contributed by atoms with Gasteiger partial charge in [-0.1, -0.05) is 36.0 Å². The molecule has 0 atom stereocenters. The highest BCUT2D eigenvalue weighted by Crippen LogP contribution is 2.35. The topological polar surface area (TPSA) is 79.9 Å². The molecule has 2 aromatic carbocycles. The zero-order valence-corrected chi connectivity index (χ0v) is 18.0. The normalized spacial score (nSPS) is 18.4. The van der Waals surface area contributed by atoms with E-state index in [1.54, 1.807) is 11.0 Å². The number of fused-ring (bicyclic) bond motifs is 3. The molecular formula is C24H18N4O3S. The molecule has 1 N–H and O–H groups in total. The molecule has 0 fully saturated rings. The number of carbonyl (C=O) groups is 1. The fourth-order valence-corrected chi connectivity index (χ4v) is 5.01. The number of hydrogen-bond acceptors (Lipinski definition) is 5. The number of hydrogen-bond donors (Lipinski definition) is 1. The first-order valence-corrected chi connectivity index (χ1v) is 11.0. The van der Waals surface area contributed by atoms with Gasteiger partial charge in [-0.05, 0) is 42.2 Å². The maximum Gasteiger partial charge on any atom is 0.283 e. The fraction of sp³-hybridized carbons (Fsp3) is 0.125. The van der Waals surface area contributed by atoms with E-state index >= 15 is 0 Å². The molecular weight excluding hydrogens is 424 g/mol. The van der Waals surface area contributed by atoms with Crippen molar-refractivity contribution in [1.82, 2.24) is 9.47 Å². The second kappa shape index (κ2) is 7.13. The first-order valence-electron chi connectivity index (χ1n) is 10.1. The second-order valence-electron chi connectivity index (χ2n) is 7.74. The van der Waals surface area contributed by atoms with Gasteiger partial charge >= 0.3 is 0 Å². The number of thioether (sulfide) groups is 1. The van der Waals surface area contributed by atoms with Gasteiger partial charge in [0.15, 0.2) is 16.7 Å². The Morgan fingerprint density at radius 3 is 2.94 bits per heavy atom. The lowest BCUT2D eigenvalue weighted by atomic mass is 10.1. The van der Waals surface area contributed by atoms with E-state index in [0.717, 1.165) is 39.2 Å². The highest BCUT2D eigenvalue weighted by atomic mass is 32.2. The third-order valence-corrected chi connectivity index (χ3v) is 6.64. The number of benzene rings is 2. The Bertz CT molecular complexity index is 1420. The van der Waals surface area contributed by atoms with E-state index in [4.69, 9.17) is 14.9 Å². The number of aromatic nitrogens is 1. The number of nitrogens with zero attached hydrogens (tertiary/aromatic N) is 3. The van der Waals surface area contributed by atoms with Crippen molar-refractivity contribution < 1.29 is 14.3 Å². The van der Waals surface area contributed by atoms with Crippen molar-refractivity contribution in [2.24, 2.45) is 4.99 Å². The number of amides is 1. The molecule has 3 aliphatic heterocycles. The summed E-state index contributed by atoms with van der Waals surface area (Å²) in [7, 11) is 0. The van der Waals surface area contributed by atoms with Crippen LogP contribution in [0.15, 0.2) is 70.3 Å². The van der Waals surface area contributed by atoms with E-state index in [-0.39, 0.29) is 24.1 Å². The molecule has 0 saturated heterocycles. The van der Waals surface area contributed by atoms with Crippen LogP contribution in [0.4, 0.5) is 0 Å². The molecule has 0 spiro atoms. The van der Waals surface area contributed by atoms with E-state index in [0.29, 0.717) is 11.7 Å². The molecule has 1 aromatic heterocycles. The van der Waals surface area contributed by atoms with Crippen LogP contribution in [-0.2, 0) is 11.3 Å². The predicted molar refractivity (Wildman–Crippen MR) is 125 cm³/mol. The lowest BCUT2D eigenvalue weighted by molar-refractivity contribution is -0.114. The molecule has 0 aliphatic carbocycles. The van der Waals surface area contributed by atoms with Crippen molar-refractivity contribution in [2.45, 2.75) is 13.5 Å². The zero-order chi connectivity index (χ0) is 21.8. The molecule has 1 amide bonds. The quantitative estimate of drug-likeness (QED) is 0.601. The number of para-hydroxylation sites is 1. The van der Waals surface area contributed by atoms with Crippen molar-refractivity contribution in [1.29, 1.82) is 5.41 Å². The molecule has 0 unspecified atom stereocenters. The van der Waals surface area contributed by atoms with Crippen LogP contribution in [-0.4, -0.2) is 33.2 Å². The largest absolute Gasteiger partial charge is 0.454 e. The van der Waals surface area contributed by atoms with E-state index in [9.17, 15) is 4.79 Å². The molecule has 7 nitrogen and oxygen atoms in total. The minimum atomic E-state index is -0.385. The Morgan fingerprint density at radius 1 is 1.19 bits per heavy atom. The average Bonchev–Trinajstić information content (AvgIpc) is 3.49. The van der Waals surface area contributed by atoms with Crippen LogP contribution in [0, 0.1) is 5.41 Å². The molecule has 8 heteroatoms. The van der Waals surface area contributed by atoms with Crippen LogP contribution >= 0.6 is 11.8 Å². The monoisotopic (exact) mass is 442 g/mol. The molecule has 6 rings (SSSR count). The Kier molecular flexibility index (Phi) is 4.22. The summed E-state index contributed by atoms with van der Waals surface area (Å²) < 4.78 is 13.1. The van der Waals surface area contributed by atoms with Crippen molar-refractivity contribution in [3.63, 3.8) is 0 Å². The number of nitrogens with one attached hydrogen (secondary N) is 1. The lowest BCUT2D eigenvalue weighted by Gasteiger charge is -2.25. The van der Waals surface area contributed by atoms with E-state index in [1.165, 1.54) is 11.8 Å². The van der Waals surface area contributed by atoms with Crippen molar-refractivity contribution in [3.05, 3.63) is 76.5 Å². The zero-order valence-electron chi connectivity index (χ0n) is 17.2. The molecule has 0 radical (unpaired) electrons. The summed E-state index contributed by atoms with van der Waals surface area (Å²) in [4.78, 5) is 18.6. The number of ether oxygens (including phenoxy) is 2. The minimum absolute atomic E-state index is 0.159. The SMILES string of the molecule is CC1=CSC2=NC(=O)/C(=C/c3cn(Cc4ccc5c(c4)OCO5)c4ccccc34)C(=N)N12. The summed E-state index contributed by atoms with van der Waals surface area (Å²) in [5.74, 6) is 1.29. The van der Waals surface area contributed by atoms with Gasteiger partial charge in [0.2, 0.25) is 6.79 Å². The van der Waals surface area contributed by atoms with E-state index in [2.05, 4.69) is 15.6 Å². The molecule has 4 heterocycles. The summed E-state index contributed by atoms with van der Waals surface area (Å²) in [6, 6.07) is 14.0. The molecule has 3 aromatic rings. The van der Waals surface area contributed by atoms with Crippen molar-refractivity contribution in [2.75, 3.05) is 6.79 Å². The van der Waals surface area contributed by atoms with Gasteiger partial charge in [0.1, 0.15) is 5.84 Å². The molecule has 158 valence electrons. The summed E-state index contributed by atoms with van der Waals surface area (Å²) in [5.41, 5.74) is 4.18. The maximum absolute atomic E-state index is 12.7. The maximum atomic E-state index is 12.7. The first kappa shape index (κ1) is 18.9. The molecule has 0 saturated carbocycles. The number of aliphatic imine (C=N–C) groups is 1. The Hall–Kier alpha value is -3.78. The van der Waals surface area contributed by atoms with Crippen LogP contribution in [0.1, 0.15) is 18.1 Å². The van der Waals surface area contributed by atoms with Gasteiger partial charge in [-0.3, -0.25) is 15.1 Å². The predicted octanol–water partition coefficient (Wildman–Crippen LogP) is 4.59. The van der Waals surface area contributed by atoms with Crippen LogP contribution in [0.5, 0.6) is 11.5 Å². The number of carbonyl (C=O) groups excluding carboxylic acids is 1. The van der Waals surface area contributed by atoms with Gasteiger partial charge in [-0.25, -0.2) is 0 Å². The molecule has 32 heavy (non-hydrogen) atoms. The van der Waals surface area contributed by atoms with Gasteiger partial charge in [0.25, 0.3) is 5.91 Å². The second-order valence-corrected chi connectivity index (χ2v) is 8.57. The highest BCUT2D eigenvalue weighted by Gasteiger charge is 2.34. The van der Waals surface area contributed by atoms with Gasteiger partial charge in [-0.15, -0.1) is 0 Å². The Balaban J connectivity index is 1.41.